The number of hydrogen-bond acceptors (Lipinski definition) is 3. The van der Waals surface area contributed by atoms with Crippen LogP contribution in [0, 0.1) is 5.82 Å². The fourth-order valence-electron chi connectivity index (χ4n) is 2.03. The van der Waals surface area contributed by atoms with E-state index in [1.54, 1.807) is 12.1 Å². The molecule has 0 saturated heterocycles. The summed E-state index contributed by atoms with van der Waals surface area (Å²) in [5.41, 5.74) is 0. The molecule has 0 spiro atoms. The van der Waals surface area contributed by atoms with Gasteiger partial charge in [-0.05, 0) is 24.6 Å². The lowest BCUT2D eigenvalue weighted by molar-refractivity contribution is -0.139. The third-order valence-electron chi connectivity index (χ3n) is 3.18. The summed E-state index contributed by atoms with van der Waals surface area (Å²) in [5, 5.41) is 12.0. The maximum absolute atomic E-state index is 13.6. The molecule has 0 fully saturated rings. The lowest BCUT2D eigenvalue weighted by Gasteiger charge is -2.13. The number of benzene rings is 1. The summed E-state index contributed by atoms with van der Waals surface area (Å²) in [6.45, 7) is 1.95. The summed E-state index contributed by atoms with van der Waals surface area (Å²) < 4.78 is 14.3. The molecule has 0 aliphatic heterocycles. The van der Waals surface area contributed by atoms with Crippen molar-refractivity contribution in [2.75, 3.05) is 0 Å². The number of hydrogen-bond donors (Lipinski definition) is 2. The van der Waals surface area contributed by atoms with Crippen LogP contribution in [-0.2, 0) is 4.79 Å². The maximum atomic E-state index is 13.6. The zero-order valence-electron chi connectivity index (χ0n) is 11.6. The molecule has 0 bridgehead atoms. The molecule has 6 heteroatoms. The number of carboxylic acids is 1. The van der Waals surface area contributed by atoms with Gasteiger partial charge in [0.15, 0.2) is 0 Å². The Kier molecular flexibility index (Phi) is 4.90. The Morgan fingerprint density at radius 1 is 1.43 bits per heavy atom. The Morgan fingerprint density at radius 2 is 2.19 bits per heavy atom. The van der Waals surface area contributed by atoms with Crippen molar-refractivity contribution in [1.82, 2.24) is 5.32 Å². The van der Waals surface area contributed by atoms with Crippen LogP contribution in [0.2, 0.25) is 0 Å². The van der Waals surface area contributed by atoms with Crippen molar-refractivity contribution in [2.24, 2.45) is 0 Å². The molecule has 0 aliphatic carbocycles. The molecule has 1 amide bonds. The standard InChI is InChI=1S/C15H16FNO3S/c1-2-3-6-11(15(19)20)17-14(18)13-8-9-10(16)5-4-7-12(9)21-13/h4-5,7-8,11H,2-3,6H2,1H3,(H,17,18)(H,19,20)/t11-/m0/s1. The zero-order chi connectivity index (χ0) is 15.4. The largest absolute Gasteiger partial charge is 0.480 e. The summed E-state index contributed by atoms with van der Waals surface area (Å²) in [7, 11) is 0. The molecule has 0 radical (unpaired) electrons. The Hall–Kier alpha value is -1.95. The van der Waals surface area contributed by atoms with Gasteiger partial charge in [-0.2, -0.15) is 0 Å². The van der Waals surface area contributed by atoms with Crippen LogP contribution >= 0.6 is 11.3 Å². The molecule has 1 heterocycles. The molecule has 21 heavy (non-hydrogen) atoms. The molecular formula is C15H16FNO3S. The van der Waals surface area contributed by atoms with E-state index in [-0.39, 0.29) is 5.82 Å². The average Bonchev–Trinajstić information content (AvgIpc) is 2.88. The van der Waals surface area contributed by atoms with Crippen molar-refractivity contribution < 1.29 is 19.1 Å². The van der Waals surface area contributed by atoms with Crippen LogP contribution in [0.15, 0.2) is 24.3 Å². The Bertz CT molecular complexity index is 668. The topological polar surface area (TPSA) is 66.4 Å². The molecule has 1 atom stereocenters. The first kappa shape index (κ1) is 15.4. The van der Waals surface area contributed by atoms with E-state index in [1.807, 2.05) is 6.92 Å². The molecule has 1 aromatic carbocycles. The van der Waals surface area contributed by atoms with Gasteiger partial charge < -0.3 is 10.4 Å². The van der Waals surface area contributed by atoms with Gasteiger partial charge in [-0.15, -0.1) is 11.3 Å². The highest BCUT2D eigenvalue weighted by Gasteiger charge is 2.21. The lowest BCUT2D eigenvalue weighted by atomic mass is 10.1. The van der Waals surface area contributed by atoms with Crippen molar-refractivity contribution in [3.05, 3.63) is 35.0 Å². The van der Waals surface area contributed by atoms with Gasteiger partial charge in [-0.25, -0.2) is 9.18 Å². The number of aliphatic carboxylic acids is 1. The first-order chi connectivity index (χ1) is 10.0. The molecule has 0 aliphatic rings. The number of unbranched alkanes of at least 4 members (excludes halogenated alkanes) is 1. The van der Waals surface area contributed by atoms with Crippen molar-refractivity contribution in [3.8, 4) is 0 Å². The van der Waals surface area contributed by atoms with Crippen LogP contribution in [0.3, 0.4) is 0 Å². The molecule has 0 unspecified atom stereocenters. The first-order valence-electron chi connectivity index (χ1n) is 6.74. The van der Waals surface area contributed by atoms with Gasteiger partial charge in [0.25, 0.3) is 5.91 Å². The van der Waals surface area contributed by atoms with Gasteiger partial charge in [0, 0.05) is 10.1 Å². The highest BCUT2D eigenvalue weighted by molar-refractivity contribution is 7.20. The summed E-state index contributed by atoms with van der Waals surface area (Å²) in [4.78, 5) is 23.6. The monoisotopic (exact) mass is 309 g/mol. The summed E-state index contributed by atoms with van der Waals surface area (Å²) in [6.07, 6.45) is 1.96. The van der Waals surface area contributed by atoms with E-state index >= 15 is 0 Å². The van der Waals surface area contributed by atoms with Crippen LogP contribution < -0.4 is 5.32 Å². The second kappa shape index (κ2) is 6.67. The summed E-state index contributed by atoms with van der Waals surface area (Å²) in [5.74, 6) is -1.91. The maximum Gasteiger partial charge on any atom is 0.326 e. The van der Waals surface area contributed by atoms with Crippen LogP contribution in [0.25, 0.3) is 10.1 Å². The van der Waals surface area contributed by atoms with Crippen molar-refractivity contribution in [2.45, 2.75) is 32.2 Å². The minimum absolute atomic E-state index is 0.317. The van der Waals surface area contributed by atoms with E-state index in [2.05, 4.69) is 5.32 Å². The number of fused-ring (bicyclic) bond motifs is 1. The quantitative estimate of drug-likeness (QED) is 0.859. The van der Waals surface area contributed by atoms with Gasteiger partial charge in [0.1, 0.15) is 11.9 Å². The van der Waals surface area contributed by atoms with Crippen LogP contribution in [0.5, 0.6) is 0 Å². The van der Waals surface area contributed by atoms with Crippen molar-refractivity contribution in [3.63, 3.8) is 0 Å². The number of amides is 1. The molecule has 2 N–H and O–H groups in total. The summed E-state index contributed by atoms with van der Waals surface area (Å²) in [6, 6.07) is 5.19. The molecule has 2 rings (SSSR count). The fourth-order valence-corrected chi connectivity index (χ4v) is 3.01. The number of nitrogens with one attached hydrogen (secondary N) is 1. The molecule has 112 valence electrons. The van der Waals surface area contributed by atoms with E-state index in [0.717, 1.165) is 24.2 Å². The van der Waals surface area contributed by atoms with Gasteiger partial charge in [-0.3, -0.25) is 4.79 Å². The third kappa shape index (κ3) is 3.58. The van der Waals surface area contributed by atoms with E-state index < -0.39 is 17.9 Å². The van der Waals surface area contributed by atoms with Gasteiger partial charge in [0.05, 0.1) is 4.88 Å². The highest BCUT2D eigenvalue weighted by atomic mass is 32.1. The SMILES string of the molecule is CCCC[C@H](NC(=O)c1cc2c(F)cccc2s1)C(=O)O. The molecule has 1 aromatic heterocycles. The Morgan fingerprint density at radius 3 is 2.81 bits per heavy atom. The molecule has 4 nitrogen and oxygen atoms in total. The van der Waals surface area contributed by atoms with Crippen LogP contribution in [0.1, 0.15) is 35.9 Å². The van der Waals surface area contributed by atoms with Crippen molar-refractivity contribution in [1.29, 1.82) is 0 Å². The second-order valence-corrected chi connectivity index (χ2v) is 5.85. The average molecular weight is 309 g/mol. The van der Waals surface area contributed by atoms with E-state index in [4.69, 9.17) is 5.11 Å². The highest BCUT2D eigenvalue weighted by Crippen LogP contribution is 2.27. The predicted molar refractivity (Wildman–Crippen MR) is 80.2 cm³/mol. The fraction of sp³-hybridized carbons (Fsp3) is 0.333. The number of carbonyl (C=O) groups is 2. The van der Waals surface area contributed by atoms with E-state index in [0.29, 0.717) is 21.4 Å². The number of rotatable bonds is 6. The third-order valence-corrected chi connectivity index (χ3v) is 4.28. The van der Waals surface area contributed by atoms with E-state index in [1.165, 1.54) is 12.1 Å². The molecular weight excluding hydrogens is 293 g/mol. The van der Waals surface area contributed by atoms with Crippen molar-refractivity contribution >= 4 is 33.3 Å². The molecule has 0 saturated carbocycles. The minimum Gasteiger partial charge on any atom is -0.480 e. The normalized spacial score (nSPS) is 12.3. The number of carbonyl (C=O) groups excluding carboxylic acids is 1. The predicted octanol–water partition coefficient (Wildman–Crippen LogP) is 3.41. The van der Waals surface area contributed by atoms with E-state index in [9.17, 15) is 14.0 Å². The van der Waals surface area contributed by atoms with Crippen LogP contribution in [-0.4, -0.2) is 23.0 Å². The second-order valence-electron chi connectivity index (χ2n) is 4.77. The number of thiophene rings is 1. The van der Waals surface area contributed by atoms with Gasteiger partial charge in [0.2, 0.25) is 0 Å². The van der Waals surface area contributed by atoms with Crippen LogP contribution in [0.4, 0.5) is 4.39 Å². The minimum atomic E-state index is -1.05. The lowest BCUT2D eigenvalue weighted by Crippen LogP contribution is -2.40. The number of halogens is 1. The van der Waals surface area contributed by atoms with Gasteiger partial charge >= 0.3 is 5.97 Å². The first-order valence-corrected chi connectivity index (χ1v) is 7.56. The van der Waals surface area contributed by atoms with Gasteiger partial charge in [-0.1, -0.05) is 25.8 Å². The zero-order valence-corrected chi connectivity index (χ0v) is 12.4. The number of carboxylic acid groups (broad SMARTS) is 1. The molecule has 2 aromatic rings. The Balaban J connectivity index is 2.17. The summed E-state index contributed by atoms with van der Waals surface area (Å²) >= 11 is 1.15. The Labute approximate surface area is 125 Å². The smallest absolute Gasteiger partial charge is 0.326 e.